The van der Waals surface area contributed by atoms with E-state index in [1.165, 1.54) is 12.8 Å². The van der Waals surface area contributed by atoms with Crippen LogP contribution in [-0.4, -0.2) is 26.3 Å². The van der Waals surface area contributed by atoms with Crippen LogP contribution in [0.3, 0.4) is 0 Å². The SMILES string of the molecule is CCCCOc1ccc(OC(CCNC)C2CC2)cc1. The maximum Gasteiger partial charge on any atom is 0.120 e. The quantitative estimate of drug-likeness (QED) is 0.662. The van der Waals surface area contributed by atoms with Gasteiger partial charge in [0.1, 0.15) is 17.6 Å². The van der Waals surface area contributed by atoms with Crippen molar-refractivity contribution in [2.45, 2.75) is 45.1 Å². The van der Waals surface area contributed by atoms with Gasteiger partial charge in [-0.2, -0.15) is 0 Å². The zero-order valence-electron chi connectivity index (χ0n) is 12.7. The van der Waals surface area contributed by atoms with Crippen molar-refractivity contribution < 1.29 is 9.47 Å². The number of benzene rings is 1. The zero-order valence-corrected chi connectivity index (χ0v) is 12.7. The van der Waals surface area contributed by atoms with Gasteiger partial charge in [-0.1, -0.05) is 13.3 Å². The molecule has 112 valence electrons. The van der Waals surface area contributed by atoms with E-state index in [0.717, 1.165) is 49.8 Å². The van der Waals surface area contributed by atoms with Gasteiger partial charge >= 0.3 is 0 Å². The molecular formula is C17H27NO2. The molecule has 1 N–H and O–H groups in total. The van der Waals surface area contributed by atoms with Crippen molar-refractivity contribution in [2.24, 2.45) is 5.92 Å². The smallest absolute Gasteiger partial charge is 0.120 e. The van der Waals surface area contributed by atoms with Gasteiger partial charge in [-0.05, 0) is 69.5 Å². The van der Waals surface area contributed by atoms with Crippen LogP contribution in [0.15, 0.2) is 24.3 Å². The summed E-state index contributed by atoms with van der Waals surface area (Å²) < 4.78 is 11.8. The van der Waals surface area contributed by atoms with Crippen LogP contribution in [0.25, 0.3) is 0 Å². The fourth-order valence-electron chi connectivity index (χ4n) is 2.27. The van der Waals surface area contributed by atoms with Crippen molar-refractivity contribution in [3.8, 4) is 11.5 Å². The lowest BCUT2D eigenvalue weighted by atomic mass is 10.1. The summed E-state index contributed by atoms with van der Waals surface area (Å²) in [6.07, 6.45) is 6.32. The van der Waals surface area contributed by atoms with Gasteiger partial charge in [0.25, 0.3) is 0 Å². The van der Waals surface area contributed by atoms with Gasteiger partial charge < -0.3 is 14.8 Å². The Morgan fingerprint density at radius 3 is 2.50 bits per heavy atom. The lowest BCUT2D eigenvalue weighted by Gasteiger charge is -2.19. The molecule has 0 saturated heterocycles. The average molecular weight is 277 g/mol. The third kappa shape index (κ3) is 5.04. The number of rotatable bonds is 10. The van der Waals surface area contributed by atoms with Crippen molar-refractivity contribution in [1.82, 2.24) is 5.32 Å². The summed E-state index contributed by atoms with van der Waals surface area (Å²) in [6, 6.07) is 8.06. The highest BCUT2D eigenvalue weighted by Gasteiger charge is 2.32. The van der Waals surface area contributed by atoms with E-state index in [1.807, 2.05) is 31.3 Å². The van der Waals surface area contributed by atoms with Crippen LogP contribution in [0.5, 0.6) is 11.5 Å². The fraction of sp³-hybridized carbons (Fsp3) is 0.647. The molecule has 1 atom stereocenters. The molecule has 0 spiro atoms. The number of unbranched alkanes of at least 4 members (excludes halogenated alkanes) is 1. The summed E-state index contributed by atoms with van der Waals surface area (Å²) in [5.41, 5.74) is 0. The van der Waals surface area contributed by atoms with E-state index in [1.54, 1.807) is 0 Å². The van der Waals surface area contributed by atoms with Crippen LogP contribution in [0, 0.1) is 5.92 Å². The summed E-state index contributed by atoms with van der Waals surface area (Å²) >= 11 is 0. The number of hydrogen-bond donors (Lipinski definition) is 1. The second-order valence-corrected chi connectivity index (χ2v) is 5.56. The molecular weight excluding hydrogens is 250 g/mol. The Morgan fingerprint density at radius 2 is 1.90 bits per heavy atom. The van der Waals surface area contributed by atoms with Crippen molar-refractivity contribution in [1.29, 1.82) is 0 Å². The van der Waals surface area contributed by atoms with Gasteiger partial charge in [0.05, 0.1) is 6.61 Å². The maximum atomic E-state index is 6.13. The Balaban J connectivity index is 1.82. The number of hydrogen-bond acceptors (Lipinski definition) is 3. The number of nitrogens with one attached hydrogen (secondary N) is 1. The van der Waals surface area contributed by atoms with E-state index in [4.69, 9.17) is 9.47 Å². The van der Waals surface area contributed by atoms with Crippen LogP contribution in [-0.2, 0) is 0 Å². The van der Waals surface area contributed by atoms with E-state index in [2.05, 4.69) is 12.2 Å². The van der Waals surface area contributed by atoms with Crippen LogP contribution < -0.4 is 14.8 Å². The van der Waals surface area contributed by atoms with Crippen LogP contribution in [0.1, 0.15) is 39.0 Å². The molecule has 0 bridgehead atoms. The van der Waals surface area contributed by atoms with E-state index < -0.39 is 0 Å². The summed E-state index contributed by atoms with van der Waals surface area (Å²) in [5.74, 6) is 2.65. The molecule has 0 radical (unpaired) electrons. The number of ether oxygens (including phenoxy) is 2. The Labute approximate surface area is 122 Å². The third-order valence-corrected chi connectivity index (χ3v) is 3.70. The molecule has 0 aliphatic heterocycles. The molecule has 1 unspecified atom stereocenters. The van der Waals surface area contributed by atoms with E-state index >= 15 is 0 Å². The lowest BCUT2D eigenvalue weighted by molar-refractivity contribution is 0.168. The van der Waals surface area contributed by atoms with Crippen molar-refractivity contribution in [2.75, 3.05) is 20.2 Å². The summed E-state index contributed by atoms with van der Waals surface area (Å²) in [4.78, 5) is 0. The molecule has 3 nitrogen and oxygen atoms in total. The molecule has 0 heterocycles. The molecule has 1 fully saturated rings. The van der Waals surface area contributed by atoms with Crippen LogP contribution in [0.4, 0.5) is 0 Å². The molecule has 1 aliphatic rings. The summed E-state index contributed by atoms with van der Waals surface area (Å²) in [7, 11) is 1.99. The maximum absolute atomic E-state index is 6.13. The predicted octanol–water partition coefficient (Wildman–Crippen LogP) is 3.63. The molecule has 20 heavy (non-hydrogen) atoms. The van der Waals surface area contributed by atoms with Crippen LogP contribution >= 0.6 is 0 Å². The van der Waals surface area contributed by atoms with Crippen molar-refractivity contribution in [3.63, 3.8) is 0 Å². The Bertz CT molecular complexity index is 373. The Kier molecular flexibility index (Phi) is 6.19. The minimum atomic E-state index is 0.356. The zero-order chi connectivity index (χ0) is 14.2. The van der Waals surface area contributed by atoms with E-state index in [9.17, 15) is 0 Å². The first-order chi connectivity index (χ1) is 9.83. The van der Waals surface area contributed by atoms with Gasteiger partial charge in [0.2, 0.25) is 0 Å². The van der Waals surface area contributed by atoms with Gasteiger partial charge in [0.15, 0.2) is 0 Å². The van der Waals surface area contributed by atoms with Gasteiger partial charge in [-0.15, -0.1) is 0 Å². The molecule has 1 aliphatic carbocycles. The second kappa shape index (κ2) is 8.15. The van der Waals surface area contributed by atoms with E-state index in [-0.39, 0.29) is 0 Å². The average Bonchev–Trinajstić information content (AvgIpc) is 3.30. The standard InChI is InChI=1S/C17H27NO2/c1-3-4-13-19-15-7-9-16(10-8-15)20-17(11-12-18-2)14-5-6-14/h7-10,14,17-18H,3-6,11-13H2,1-2H3. The summed E-state index contributed by atoms with van der Waals surface area (Å²) in [5, 5.41) is 3.20. The monoisotopic (exact) mass is 277 g/mol. The molecule has 1 aromatic rings. The highest BCUT2D eigenvalue weighted by atomic mass is 16.5. The second-order valence-electron chi connectivity index (χ2n) is 5.56. The minimum absolute atomic E-state index is 0.356. The molecule has 2 rings (SSSR count). The normalized spacial score (nSPS) is 15.9. The van der Waals surface area contributed by atoms with E-state index in [0.29, 0.717) is 6.10 Å². The molecule has 0 aromatic heterocycles. The molecule has 0 amide bonds. The first-order valence-electron chi connectivity index (χ1n) is 7.87. The highest BCUT2D eigenvalue weighted by molar-refractivity contribution is 5.31. The van der Waals surface area contributed by atoms with Crippen molar-refractivity contribution >= 4 is 0 Å². The minimum Gasteiger partial charge on any atom is -0.494 e. The molecule has 3 heteroatoms. The Hall–Kier alpha value is -1.22. The largest absolute Gasteiger partial charge is 0.494 e. The Morgan fingerprint density at radius 1 is 1.20 bits per heavy atom. The van der Waals surface area contributed by atoms with Gasteiger partial charge in [0, 0.05) is 0 Å². The predicted molar refractivity (Wildman–Crippen MR) is 82.5 cm³/mol. The first-order valence-corrected chi connectivity index (χ1v) is 7.87. The highest BCUT2D eigenvalue weighted by Crippen LogP contribution is 2.36. The van der Waals surface area contributed by atoms with Gasteiger partial charge in [-0.25, -0.2) is 0 Å². The molecule has 1 aromatic carbocycles. The summed E-state index contributed by atoms with van der Waals surface area (Å²) in [6.45, 7) is 3.98. The third-order valence-electron chi connectivity index (χ3n) is 3.70. The first kappa shape index (κ1) is 15.2. The topological polar surface area (TPSA) is 30.5 Å². The van der Waals surface area contributed by atoms with Gasteiger partial charge in [-0.3, -0.25) is 0 Å². The molecule has 1 saturated carbocycles. The lowest BCUT2D eigenvalue weighted by Crippen LogP contribution is -2.24. The van der Waals surface area contributed by atoms with Crippen molar-refractivity contribution in [3.05, 3.63) is 24.3 Å². The fourth-order valence-corrected chi connectivity index (χ4v) is 2.27. The van der Waals surface area contributed by atoms with Crippen LogP contribution in [0.2, 0.25) is 0 Å².